The van der Waals surface area contributed by atoms with Crippen LogP contribution in [-0.4, -0.2) is 47.4 Å². The first kappa shape index (κ1) is 70.3. The largest absolute Gasteiger partial charge is 0.466 e. The molecule has 72 heavy (non-hydrogen) atoms. The minimum atomic E-state index is -0.670. The number of unbranched alkanes of at least 4 members (excludes halogenated alkanes) is 46. The summed E-state index contributed by atoms with van der Waals surface area (Å²) in [4.78, 5) is 24.6. The molecular weight excluding hydrogens is 887 g/mol. The van der Waals surface area contributed by atoms with Gasteiger partial charge in [0.25, 0.3) is 0 Å². The molecule has 2 atom stereocenters. The van der Waals surface area contributed by atoms with E-state index < -0.39 is 12.1 Å². The molecule has 426 valence electrons. The highest BCUT2D eigenvalue weighted by Gasteiger charge is 2.20. The first-order chi connectivity index (χ1) is 35.5. The lowest BCUT2D eigenvalue weighted by atomic mass is 10.0. The molecule has 0 rings (SSSR count). The number of allylic oxidation sites excluding steroid dienone is 4. The van der Waals surface area contributed by atoms with E-state index in [0.717, 1.165) is 51.4 Å². The highest BCUT2D eigenvalue weighted by Crippen LogP contribution is 2.19. The number of amides is 1. The van der Waals surface area contributed by atoms with Gasteiger partial charge in [-0.25, -0.2) is 0 Å². The van der Waals surface area contributed by atoms with E-state index in [1.165, 1.54) is 276 Å². The summed E-state index contributed by atoms with van der Waals surface area (Å²) in [7, 11) is 0. The zero-order valence-electron chi connectivity index (χ0n) is 48.7. The second kappa shape index (κ2) is 61.9. The van der Waals surface area contributed by atoms with Gasteiger partial charge in [-0.05, 0) is 51.4 Å². The Hall–Kier alpha value is -1.66. The van der Waals surface area contributed by atoms with Crippen molar-refractivity contribution in [3.8, 4) is 0 Å². The van der Waals surface area contributed by atoms with E-state index in [0.29, 0.717) is 25.9 Å². The summed E-state index contributed by atoms with van der Waals surface area (Å²) in [6, 6.07) is -0.547. The Labute approximate surface area is 450 Å². The minimum absolute atomic E-state index is 0.00902. The molecule has 0 aliphatic heterocycles. The number of ether oxygens (including phenoxy) is 1. The van der Waals surface area contributed by atoms with Crippen LogP contribution in [0.4, 0.5) is 0 Å². The van der Waals surface area contributed by atoms with Crippen LogP contribution in [0.3, 0.4) is 0 Å². The van der Waals surface area contributed by atoms with Crippen LogP contribution < -0.4 is 5.32 Å². The van der Waals surface area contributed by atoms with E-state index in [1.54, 1.807) is 0 Å². The predicted molar refractivity (Wildman–Crippen MR) is 315 cm³/mol. The highest BCUT2D eigenvalue weighted by atomic mass is 16.5. The summed E-state index contributed by atoms with van der Waals surface area (Å²) in [5.41, 5.74) is 0. The van der Waals surface area contributed by atoms with E-state index in [4.69, 9.17) is 4.74 Å². The third-order valence-corrected chi connectivity index (χ3v) is 15.2. The third kappa shape index (κ3) is 57.6. The molecule has 0 saturated heterocycles. The van der Waals surface area contributed by atoms with Crippen LogP contribution in [-0.2, 0) is 14.3 Å². The number of hydrogen-bond donors (Lipinski definition) is 3. The van der Waals surface area contributed by atoms with Crippen LogP contribution in [0.1, 0.15) is 361 Å². The van der Waals surface area contributed by atoms with Crippen molar-refractivity contribution in [2.45, 2.75) is 373 Å². The number of aliphatic hydroxyl groups excluding tert-OH is 2. The molecule has 0 saturated carbocycles. The Kier molecular flexibility index (Phi) is 60.5. The van der Waals surface area contributed by atoms with Gasteiger partial charge in [0, 0.05) is 12.8 Å². The van der Waals surface area contributed by atoms with Crippen LogP contribution >= 0.6 is 0 Å². The van der Waals surface area contributed by atoms with Crippen molar-refractivity contribution in [1.82, 2.24) is 5.32 Å². The molecular formula is C66H127NO5. The molecule has 3 N–H and O–H groups in total. The lowest BCUT2D eigenvalue weighted by molar-refractivity contribution is -0.143. The van der Waals surface area contributed by atoms with E-state index in [9.17, 15) is 19.8 Å². The van der Waals surface area contributed by atoms with Crippen molar-refractivity contribution in [3.63, 3.8) is 0 Å². The summed E-state index contributed by atoms with van der Waals surface area (Å²) in [6.07, 6.45) is 76.2. The molecule has 0 bridgehead atoms. The first-order valence-corrected chi connectivity index (χ1v) is 32.6. The number of rotatable bonds is 61. The van der Waals surface area contributed by atoms with Gasteiger partial charge in [-0.2, -0.15) is 0 Å². The number of esters is 1. The van der Waals surface area contributed by atoms with Crippen LogP contribution in [0.5, 0.6) is 0 Å². The van der Waals surface area contributed by atoms with E-state index >= 15 is 0 Å². The maximum absolute atomic E-state index is 12.5. The van der Waals surface area contributed by atoms with Crippen LogP contribution in [0.25, 0.3) is 0 Å². The molecule has 2 unspecified atom stereocenters. The van der Waals surface area contributed by atoms with E-state index in [1.807, 2.05) is 0 Å². The zero-order chi connectivity index (χ0) is 52.2. The minimum Gasteiger partial charge on any atom is -0.466 e. The number of hydrogen-bond acceptors (Lipinski definition) is 5. The first-order valence-electron chi connectivity index (χ1n) is 32.6. The lowest BCUT2D eigenvalue weighted by Gasteiger charge is -2.22. The van der Waals surface area contributed by atoms with Crippen LogP contribution in [0.2, 0.25) is 0 Å². The Bertz CT molecular complexity index is 1120. The van der Waals surface area contributed by atoms with Gasteiger partial charge in [0.1, 0.15) is 0 Å². The van der Waals surface area contributed by atoms with Crippen molar-refractivity contribution in [2.24, 2.45) is 0 Å². The lowest BCUT2D eigenvalue weighted by Crippen LogP contribution is -2.45. The molecule has 0 radical (unpaired) electrons. The Morgan fingerprint density at radius 2 is 0.722 bits per heavy atom. The molecule has 0 aromatic carbocycles. The Balaban J connectivity index is 3.41. The monoisotopic (exact) mass is 1010 g/mol. The van der Waals surface area contributed by atoms with Gasteiger partial charge < -0.3 is 20.3 Å². The molecule has 6 nitrogen and oxygen atoms in total. The molecule has 0 aliphatic carbocycles. The smallest absolute Gasteiger partial charge is 0.305 e. The average Bonchev–Trinajstić information content (AvgIpc) is 3.38. The molecule has 6 heteroatoms. The van der Waals surface area contributed by atoms with Gasteiger partial charge in [-0.3, -0.25) is 9.59 Å². The maximum atomic E-state index is 12.5. The van der Waals surface area contributed by atoms with Crippen molar-refractivity contribution in [3.05, 3.63) is 24.3 Å². The topological polar surface area (TPSA) is 95.9 Å². The van der Waals surface area contributed by atoms with E-state index in [2.05, 4.69) is 43.5 Å². The zero-order valence-corrected chi connectivity index (χ0v) is 48.7. The molecule has 0 aliphatic rings. The molecule has 0 spiro atoms. The summed E-state index contributed by atoms with van der Waals surface area (Å²) < 4.78 is 5.47. The van der Waals surface area contributed by atoms with Gasteiger partial charge in [-0.1, -0.05) is 321 Å². The molecule has 1 amide bonds. The predicted octanol–water partition coefficient (Wildman–Crippen LogP) is 20.6. The summed E-state index contributed by atoms with van der Waals surface area (Å²) >= 11 is 0. The Morgan fingerprint density at radius 3 is 1.11 bits per heavy atom. The molecule has 0 aromatic heterocycles. The van der Waals surface area contributed by atoms with Crippen molar-refractivity contribution in [1.29, 1.82) is 0 Å². The summed E-state index contributed by atoms with van der Waals surface area (Å²) in [5, 5.41) is 23.4. The summed E-state index contributed by atoms with van der Waals surface area (Å²) in [6.45, 7) is 4.90. The SMILES string of the molecule is CCC/C=C\C/C=C\CCCCCCCC(=O)OCCCCCCCCCCCCCCCCCCCC(=O)NC(CO)C(O)CCCCCCCCCCCCCCCCCCCCCCCCCCC. The van der Waals surface area contributed by atoms with Gasteiger partial charge in [0.15, 0.2) is 0 Å². The van der Waals surface area contributed by atoms with Gasteiger partial charge >= 0.3 is 5.97 Å². The standard InChI is InChI=1S/C66H127NO5/c1-3-5-7-9-11-13-15-17-18-19-20-21-22-23-24-25-26-28-31-35-38-42-46-50-54-58-64(69)63(62-68)67-65(70)59-55-51-47-43-39-36-32-29-27-30-33-37-41-45-49-53-57-61-72-66(71)60-56-52-48-44-40-34-16-14-12-10-8-6-4-2/h8,10,14,16,63-64,68-69H,3-7,9,11-13,15,17-62H2,1-2H3,(H,67,70)/b10-8-,16-14-. The number of aliphatic hydroxyl groups is 2. The second-order valence-electron chi connectivity index (χ2n) is 22.5. The highest BCUT2D eigenvalue weighted by molar-refractivity contribution is 5.76. The fourth-order valence-electron chi connectivity index (χ4n) is 10.3. The second-order valence-corrected chi connectivity index (χ2v) is 22.5. The number of carbonyl (C=O) groups is 2. The fourth-order valence-corrected chi connectivity index (χ4v) is 10.3. The van der Waals surface area contributed by atoms with Crippen molar-refractivity contribution >= 4 is 11.9 Å². The fraction of sp³-hybridized carbons (Fsp3) is 0.909. The quantitative estimate of drug-likeness (QED) is 0.0320. The molecule has 0 heterocycles. The average molecular weight is 1010 g/mol. The van der Waals surface area contributed by atoms with Crippen molar-refractivity contribution < 1.29 is 24.5 Å². The third-order valence-electron chi connectivity index (χ3n) is 15.2. The Morgan fingerprint density at radius 1 is 0.389 bits per heavy atom. The molecule has 0 fully saturated rings. The number of carbonyl (C=O) groups excluding carboxylic acids is 2. The van der Waals surface area contributed by atoms with Crippen LogP contribution in [0, 0.1) is 0 Å². The molecule has 0 aromatic rings. The maximum Gasteiger partial charge on any atom is 0.305 e. The van der Waals surface area contributed by atoms with Gasteiger partial charge in [0.2, 0.25) is 5.91 Å². The van der Waals surface area contributed by atoms with Crippen LogP contribution in [0.15, 0.2) is 24.3 Å². The summed E-state index contributed by atoms with van der Waals surface area (Å²) in [5.74, 6) is -0.0456. The van der Waals surface area contributed by atoms with Gasteiger partial charge in [-0.15, -0.1) is 0 Å². The number of nitrogens with one attached hydrogen (secondary N) is 1. The van der Waals surface area contributed by atoms with Crippen molar-refractivity contribution in [2.75, 3.05) is 13.2 Å². The van der Waals surface area contributed by atoms with Gasteiger partial charge in [0.05, 0.1) is 25.4 Å². The van der Waals surface area contributed by atoms with E-state index in [-0.39, 0.29) is 18.5 Å². The normalized spacial score (nSPS) is 12.7.